The van der Waals surface area contributed by atoms with Crippen molar-refractivity contribution in [2.45, 2.75) is 58.2 Å². The third-order valence-corrected chi connectivity index (χ3v) is 4.36. The summed E-state index contributed by atoms with van der Waals surface area (Å²) in [5.41, 5.74) is 1.07. The molecule has 1 fully saturated rings. The van der Waals surface area contributed by atoms with E-state index in [4.69, 9.17) is 0 Å². The minimum atomic E-state index is -0.141. The number of piperidine rings is 1. The molecule has 1 aromatic carbocycles. The first-order valence-corrected chi connectivity index (χ1v) is 7.85. The van der Waals surface area contributed by atoms with Crippen LogP contribution in [-0.4, -0.2) is 30.1 Å². The van der Waals surface area contributed by atoms with Gasteiger partial charge in [-0.1, -0.05) is 19.1 Å². The van der Waals surface area contributed by atoms with Crippen molar-refractivity contribution >= 4 is 0 Å². The Morgan fingerprint density at radius 2 is 2.00 bits per heavy atom. The van der Waals surface area contributed by atoms with Gasteiger partial charge in [0.25, 0.3) is 0 Å². The quantitative estimate of drug-likeness (QED) is 0.882. The second-order valence-corrected chi connectivity index (χ2v) is 6.09. The van der Waals surface area contributed by atoms with Crippen molar-refractivity contribution in [2.24, 2.45) is 0 Å². The van der Waals surface area contributed by atoms with E-state index in [0.29, 0.717) is 12.1 Å². The zero-order valence-corrected chi connectivity index (χ0v) is 12.9. The van der Waals surface area contributed by atoms with Crippen molar-refractivity contribution in [2.75, 3.05) is 13.1 Å². The van der Waals surface area contributed by atoms with Gasteiger partial charge in [0.05, 0.1) is 0 Å². The molecule has 0 aromatic heterocycles. The Morgan fingerprint density at radius 1 is 1.30 bits per heavy atom. The molecule has 112 valence electrons. The fraction of sp³-hybridized carbons (Fsp3) is 0.647. The maximum absolute atomic E-state index is 13.3. The van der Waals surface area contributed by atoms with Gasteiger partial charge < -0.3 is 10.2 Å². The first-order chi connectivity index (χ1) is 9.60. The van der Waals surface area contributed by atoms with Gasteiger partial charge >= 0.3 is 0 Å². The smallest absolute Gasteiger partial charge is 0.123 e. The lowest BCUT2D eigenvalue weighted by Gasteiger charge is -2.36. The molecule has 0 aliphatic carbocycles. The number of benzene rings is 1. The van der Waals surface area contributed by atoms with E-state index >= 15 is 0 Å². The van der Waals surface area contributed by atoms with Crippen LogP contribution >= 0.6 is 0 Å². The average molecular weight is 278 g/mol. The van der Waals surface area contributed by atoms with Crippen LogP contribution in [0.2, 0.25) is 0 Å². The van der Waals surface area contributed by atoms with Crippen molar-refractivity contribution in [1.29, 1.82) is 0 Å². The van der Waals surface area contributed by atoms with Gasteiger partial charge in [-0.05, 0) is 63.9 Å². The number of rotatable bonds is 5. The Labute approximate surface area is 122 Å². The van der Waals surface area contributed by atoms with Crippen molar-refractivity contribution < 1.29 is 4.39 Å². The average Bonchev–Trinajstić information content (AvgIpc) is 2.45. The largest absolute Gasteiger partial charge is 0.307 e. The first-order valence-electron chi connectivity index (χ1n) is 7.85. The fourth-order valence-corrected chi connectivity index (χ4v) is 3.04. The molecule has 1 saturated heterocycles. The molecule has 1 N–H and O–H groups in total. The molecule has 2 rings (SSSR count). The number of likely N-dealkylation sites (tertiary alicyclic amines) is 1. The number of nitrogens with one attached hydrogen (secondary N) is 1. The molecule has 0 amide bonds. The van der Waals surface area contributed by atoms with Crippen LogP contribution in [0, 0.1) is 5.82 Å². The Morgan fingerprint density at radius 3 is 2.55 bits per heavy atom. The highest BCUT2D eigenvalue weighted by atomic mass is 19.1. The molecule has 1 aromatic rings. The molecule has 0 bridgehead atoms. The van der Waals surface area contributed by atoms with E-state index in [1.54, 1.807) is 12.1 Å². The number of nitrogens with zero attached hydrogens (tertiary/aromatic N) is 1. The van der Waals surface area contributed by atoms with E-state index in [1.165, 1.54) is 18.9 Å². The van der Waals surface area contributed by atoms with Crippen LogP contribution in [0.5, 0.6) is 0 Å². The summed E-state index contributed by atoms with van der Waals surface area (Å²) in [5, 5.41) is 3.72. The monoisotopic (exact) mass is 278 g/mol. The van der Waals surface area contributed by atoms with E-state index in [-0.39, 0.29) is 11.9 Å². The lowest BCUT2D eigenvalue weighted by Crippen LogP contribution is -2.45. The van der Waals surface area contributed by atoms with Gasteiger partial charge in [0.15, 0.2) is 0 Å². The summed E-state index contributed by atoms with van der Waals surface area (Å²) in [6.45, 7) is 9.00. The van der Waals surface area contributed by atoms with E-state index in [0.717, 1.165) is 25.1 Å². The van der Waals surface area contributed by atoms with Crippen molar-refractivity contribution in [1.82, 2.24) is 10.2 Å². The highest BCUT2D eigenvalue weighted by Gasteiger charge is 2.23. The summed E-state index contributed by atoms with van der Waals surface area (Å²) in [6, 6.07) is 8.45. The number of hydrogen-bond donors (Lipinski definition) is 1. The summed E-state index contributed by atoms with van der Waals surface area (Å²) in [7, 11) is 0. The summed E-state index contributed by atoms with van der Waals surface area (Å²) < 4.78 is 13.3. The van der Waals surface area contributed by atoms with Crippen LogP contribution in [0.15, 0.2) is 24.3 Å². The third-order valence-electron chi connectivity index (χ3n) is 4.36. The van der Waals surface area contributed by atoms with Crippen LogP contribution in [-0.2, 0) is 0 Å². The summed E-state index contributed by atoms with van der Waals surface area (Å²) in [5.74, 6) is -0.141. The molecule has 0 spiro atoms. The van der Waals surface area contributed by atoms with Crippen LogP contribution < -0.4 is 5.32 Å². The first kappa shape index (κ1) is 15.5. The summed E-state index contributed by atoms with van der Waals surface area (Å²) in [4.78, 5) is 2.53. The van der Waals surface area contributed by atoms with E-state index in [9.17, 15) is 4.39 Å². The van der Waals surface area contributed by atoms with Gasteiger partial charge in [-0.3, -0.25) is 0 Å². The third kappa shape index (κ3) is 4.03. The second kappa shape index (κ2) is 7.19. The molecule has 1 aliphatic rings. The van der Waals surface area contributed by atoms with Gasteiger partial charge in [-0.2, -0.15) is 0 Å². The Bertz CT molecular complexity index is 411. The minimum Gasteiger partial charge on any atom is -0.307 e. The van der Waals surface area contributed by atoms with E-state index in [2.05, 4.69) is 31.0 Å². The molecule has 1 atom stereocenters. The maximum Gasteiger partial charge on any atom is 0.123 e. The zero-order chi connectivity index (χ0) is 14.5. The minimum absolute atomic E-state index is 0.141. The van der Waals surface area contributed by atoms with Crippen LogP contribution in [0.1, 0.15) is 51.6 Å². The zero-order valence-electron chi connectivity index (χ0n) is 12.9. The van der Waals surface area contributed by atoms with Crippen LogP contribution in [0.4, 0.5) is 4.39 Å². The molecule has 2 nitrogen and oxygen atoms in total. The highest BCUT2D eigenvalue weighted by molar-refractivity contribution is 5.20. The van der Waals surface area contributed by atoms with Crippen molar-refractivity contribution in [3.63, 3.8) is 0 Å². The standard InChI is InChI=1S/C17H27FN2/c1-4-17(14-6-5-7-15(18)12-14)19-16-8-10-20(11-9-16)13(2)3/h5-7,12-13,16-17,19H,4,8-11H2,1-3H3. The molecule has 3 heteroatoms. The highest BCUT2D eigenvalue weighted by Crippen LogP contribution is 2.21. The lowest BCUT2D eigenvalue weighted by molar-refractivity contribution is 0.156. The Balaban J connectivity index is 1.91. The normalized spacial score (nSPS) is 19.4. The Hall–Kier alpha value is -0.930. The van der Waals surface area contributed by atoms with Crippen LogP contribution in [0.3, 0.4) is 0 Å². The Kier molecular flexibility index (Phi) is 5.55. The topological polar surface area (TPSA) is 15.3 Å². The molecular weight excluding hydrogens is 251 g/mol. The van der Waals surface area contributed by atoms with E-state index < -0.39 is 0 Å². The van der Waals surface area contributed by atoms with E-state index in [1.807, 2.05) is 6.07 Å². The molecule has 1 heterocycles. The molecule has 20 heavy (non-hydrogen) atoms. The summed E-state index contributed by atoms with van der Waals surface area (Å²) in [6.07, 6.45) is 3.36. The van der Waals surface area contributed by atoms with Gasteiger partial charge in [0.2, 0.25) is 0 Å². The van der Waals surface area contributed by atoms with Gasteiger partial charge in [-0.15, -0.1) is 0 Å². The predicted molar refractivity (Wildman–Crippen MR) is 82.3 cm³/mol. The maximum atomic E-state index is 13.3. The van der Waals surface area contributed by atoms with Crippen molar-refractivity contribution in [3.05, 3.63) is 35.6 Å². The lowest BCUT2D eigenvalue weighted by atomic mass is 9.98. The van der Waals surface area contributed by atoms with Crippen molar-refractivity contribution in [3.8, 4) is 0 Å². The van der Waals surface area contributed by atoms with Gasteiger partial charge in [0, 0.05) is 18.1 Å². The number of hydrogen-bond acceptors (Lipinski definition) is 2. The molecule has 0 saturated carbocycles. The predicted octanol–water partition coefficient (Wildman–Crippen LogP) is 3.74. The van der Waals surface area contributed by atoms with Gasteiger partial charge in [0.1, 0.15) is 5.82 Å². The summed E-state index contributed by atoms with van der Waals surface area (Å²) >= 11 is 0. The van der Waals surface area contributed by atoms with Gasteiger partial charge in [-0.25, -0.2) is 4.39 Å². The second-order valence-electron chi connectivity index (χ2n) is 6.09. The molecule has 1 aliphatic heterocycles. The molecule has 0 radical (unpaired) electrons. The van der Waals surface area contributed by atoms with Crippen LogP contribution in [0.25, 0.3) is 0 Å². The molecule has 1 unspecified atom stereocenters. The molecular formula is C17H27FN2. The fourth-order valence-electron chi connectivity index (χ4n) is 3.04. The number of halogens is 1. The SMILES string of the molecule is CCC(NC1CCN(C(C)C)CC1)c1cccc(F)c1.